The van der Waals surface area contributed by atoms with E-state index in [1.165, 1.54) is 17.1 Å². The summed E-state index contributed by atoms with van der Waals surface area (Å²) in [6, 6.07) is 7.79. The van der Waals surface area contributed by atoms with Crippen molar-refractivity contribution >= 4 is 11.0 Å². The van der Waals surface area contributed by atoms with Gasteiger partial charge in [0.25, 0.3) is 5.56 Å². The molecule has 1 fully saturated rings. The van der Waals surface area contributed by atoms with Gasteiger partial charge in [0.2, 0.25) is 0 Å². The Morgan fingerprint density at radius 1 is 1.28 bits per heavy atom. The lowest BCUT2D eigenvalue weighted by atomic mass is 9.76. The molecule has 0 spiro atoms. The summed E-state index contributed by atoms with van der Waals surface area (Å²) in [5.74, 6) is 0. The number of aromatic nitrogens is 4. The van der Waals surface area contributed by atoms with Gasteiger partial charge in [-0.2, -0.15) is 5.10 Å². The van der Waals surface area contributed by atoms with Crippen molar-refractivity contribution in [1.82, 2.24) is 19.3 Å². The maximum atomic E-state index is 12.7. The Labute approximate surface area is 144 Å². The number of nitrogens with zero attached hydrogens (tertiary/aromatic N) is 4. The van der Waals surface area contributed by atoms with Crippen molar-refractivity contribution in [2.75, 3.05) is 0 Å². The van der Waals surface area contributed by atoms with Crippen LogP contribution >= 0.6 is 0 Å². The van der Waals surface area contributed by atoms with Crippen molar-refractivity contribution in [3.05, 3.63) is 52.7 Å². The molecule has 0 bridgehead atoms. The zero-order valence-corrected chi connectivity index (χ0v) is 14.0. The van der Waals surface area contributed by atoms with Gasteiger partial charge in [-0.05, 0) is 38.3 Å². The van der Waals surface area contributed by atoms with Gasteiger partial charge in [-0.15, -0.1) is 0 Å². The molecule has 1 aliphatic rings. The molecule has 1 aliphatic carbocycles. The monoisotopic (exact) mass is 340 g/mol. The van der Waals surface area contributed by atoms with Gasteiger partial charge in [0, 0.05) is 0 Å². The molecule has 7 heteroatoms. The van der Waals surface area contributed by atoms with Gasteiger partial charge >= 0.3 is 0 Å². The van der Waals surface area contributed by atoms with E-state index in [1.54, 1.807) is 4.68 Å². The number of rotatable bonds is 4. The highest BCUT2D eigenvalue weighted by Crippen LogP contribution is 2.35. The number of fused-ring (bicyclic) bond motifs is 1. The topological polar surface area (TPSA) is 93.2 Å². The zero-order chi connectivity index (χ0) is 17.6. The predicted molar refractivity (Wildman–Crippen MR) is 92.7 cm³/mol. The smallest absolute Gasteiger partial charge is 0.264 e. The van der Waals surface area contributed by atoms with Crippen LogP contribution in [-0.2, 0) is 6.54 Å². The average Bonchev–Trinajstić information content (AvgIpc) is 3.00. The van der Waals surface area contributed by atoms with E-state index in [2.05, 4.69) is 10.1 Å². The van der Waals surface area contributed by atoms with Crippen LogP contribution in [0.3, 0.4) is 0 Å². The second-order valence-corrected chi connectivity index (χ2v) is 6.80. The number of benzene rings is 1. The summed E-state index contributed by atoms with van der Waals surface area (Å²) in [7, 11) is 0. The quantitative estimate of drug-likeness (QED) is 0.744. The molecule has 1 saturated carbocycles. The molecular formula is C18H20N4O3. The lowest BCUT2D eigenvalue weighted by Crippen LogP contribution is -2.50. The summed E-state index contributed by atoms with van der Waals surface area (Å²) in [6.07, 6.45) is 3.93. The molecule has 3 aromatic rings. The van der Waals surface area contributed by atoms with Gasteiger partial charge in [-0.1, -0.05) is 17.7 Å². The van der Waals surface area contributed by atoms with Crippen LogP contribution in [0.2, 0.25) is 0 Å². The fourth-order valence-corrected chi connectivity index (χ4v) is 3.18. The largest absolute Gasteiger partial charge is 0.388 e. The predicted octanol–water partition coefficient (Wildman–Crippen LogP) is 1.17. The first kappa shape index (κ1) is 16.0. The molecule has 130 valence electrons. The molecule has 0 amide bonds. The van der Waals surface area contributed by atoms with E-state index in [9.17, 15) is 15.0 Å². The van der Waals surface area contributed by atoms with Crippen molar-refractivity contribution in [1.29, 1.82) is 0 Å². The summed E-state index contributed by atoms with van der Waals surface area (Å²) >= 11 is 0. The van der Waals surface area contributed by atoms with Crippen molar-refractivity contribution in [3.63, 3.8) is 0 Å². The van der Waals surface area contributed by atoms with E-state index < -0.39 is 11.7 Å². The number of aryl methyl sites for hydroxylation is 1. The van der Waals surface area contributed by atoms with E-state index in [-0.39, 0.29) is 12.1 Å². The van der Waals surface area contributed by atoms with E-state index in [0.29, 0.717) is 23.9 Å². The Balaban J connectivity index is 1.70. The van der Waals surface area contributed by atoms with E-state index >= 15 is 0 Å². The van der Waals surface area contributed by atoms with E-state index in [0.717, 1.165) is 17.7 Å². The van der Waals surface area contributed by atoms with Crippen LogP contribution in [0, 0.1) is 6.92 Å². The Kier molecular flexibility index (Phi) is 3.70. The molecule has 2 heterocycles. The SMILES string of the molecule is Cc1ccc(-n2ncc3c(=O)n(CC(O)C4(O)CCC4)cnc32)cc1. The van der Waals surface area contributed by atoms with Crippen LogP contribution in [0.5, 0.6) is 0 Å². The zero-order valence-electron chi connectivity index (χ0n) is 14.0. The maximum Gasteiger partial charge on any atom is 0.264 e. The fourth-order valence-electron chi connectivity index (χ4n) is 3.18. The third-order valence-electron chi connectivity index (χ3n) is 5.04. The first-order valence-electron chi connectivity index (χ1n) is 8.39. The number of aliphatic hydroxyl groups is 2. The second kappa shape index (κ2) is 5.79. The fraction of sp³-hybridized carbons (Fsp3) is 0.389. The lowest BCUT2D eigenvalue weighted by molar-refractivity contribution is -0.130. The molecule has 7 nitrogen and oxygen atoms in total. The molecule has 1 atom stereocenters. The molecule has 4 rings (SSSR count). The Hall–Kier alpha value is -2.51. The molecule has 2 aromatic heterocycles. The molecule has 1 aromatic carbocycles. The van der Waals surface area contributed by atoms with Crippen molar-refractivity contribution < 1.29 is 10.2 Å². The Morgan fingerprint density at radius 2 is 2.00 bits per heavy atom. The summed E-state index contributed by atoms with van der Waals surface area (Å²) in [6.45, 7) is 2.03. The molecule has 0 saturated heterocycles. The average molecular weight is 340 g/mol. The molecule has 0 radical (unpaired) electrons. The first-order chi connectivity index (χ1) is 12.0. The van der Waals surface area contributed by atoms with Gasteiger partial charge < -0.3 is 10.2 Å². The molecule has 2 N–H and O–H groups in total. The Bertz CT molecular complexity index is 970. The van der Waals surface area contributed by atoms with Gasteiger partial charge in [0.15, 0.2) is 5.65 Å². The highest BCUT2D eigenvalue weighted by molar-refractivity contribution is 5.74. The normalized spacial score (nSPS) is 17.4. The second-order valence-electron chi connectivity index (χ2n) is 6.80. The van der Waals surface area contributed by atoms with Crippen molar-refractivity contribution in [3.8, 4) is 5.69 Å². The van der Waals surface area contributed by atoms with Crippen LogP contribution < -0.4 is 5.56 Å². The van der Waals surface area contributed by atoms with Gasteiger partial charge in [-0.3, -0.25) is 9.36 Å². The third-order valence-corrected chi connectivity index (χ3v) is 5.04. The third kappa shape index (κ3) is 2.65. The van der Waals surface area contributed by atoms with Gasteiger partial charge in [0.1, 0.15) is 17.8 Å². The summed E-state index contributed by atoms with van der Waals surface area (Å²) in [4.78, 5) is 17.0. The minimum atomic E-state index is -1.08. The van der Waals surface area contributed by atoms with Crippen LogP contribution in [0.25, 0.3) is 16.7 Å². The molecule has 1 unspecified atom stereocenters. The molecule has 0 aliphatic heterocycles. The summed E-state index contributed by atoms with van der Waals surface area (Å²) in [5.41, 5.74) is 1.08. The van der Waals surface area contributed by atoms with E-state index in [4.69, 9.17) is 0 Å². The van der Waals surface area contributed by atoms with Crippen LogP contribution in [0.4, 0.5) is 0 Å². The number of aliphatic hydroxyl groups excluding tert-OH is 1. The van der Waals surface area contributed by atoms with E-state index in [1.807, 2.05) is 31.2 Å². The standard InChI is InChI=1S/C18H20N4O3/c1-12-3-5-13(6-4-12)22-16-14(9-20-22)17(24)21(11-19-16)10-15(23)18(25)7-2-8-18/h3-6,9,11,15,23,25H,2,7-8,10H2,1H3. The van der Waals surface area contributed by atoms with Crippen molar-refractivity contribution in [2.24, 2.45) is 0 Å². The van der Waals surface area contributed by atoms with Crippen molar-refractivity contribution in [2.45, 2.75) is 44.4 Å². The highest BCUT2D eigenvalue weighted by atomic mass is 16.3. The molecular weight excluding hydrogens is 320 g/mol. The lowest BCUT2D eigenvalue weighted by Gasteiger charge is -2.40. The first-order valence-corrected chi connectivity index (χ1v) is 8.39. The highest BCUT2D eigenvalue weighted by Gasteiger charge is 2.41. The van der Waals surface area contributed by atoms with Gasteiger partial charge in [0.05, 0.1) is 24.0 Å². The summed E-state index contributed by atoms with van der Waals surface area (Å²) < 4.78 is 2.96. The summed E-state index contributed by atoms with van der Waals surface area (Å²) in [5, 5.41) is 25.1. The van der Waals surface area contributed by atoms with Gasteiger partial charge in [-0.25, -0.2) is 9.67 Å². The minimum absolute atomic E-state index is 0.0218. The Morgan fingerprint density at radius 3 is 2.64 bits per heavy atom. The molecule has 25 heavy (non-hydrogen) atoms. The maximum absolute atomic E-state index is 12.7. The van der Waals surface area contributed by atoms with Crippen LogP contribution in [-0.4, -0.2) is 41.2 Å². The number of hydrogen-bond donors (Lipinski definition) is 2. The number of hydrogen-bond acceptors (Lipinski definition) is 5. The van der Waals surface area contributed by atoms with Crippen LogP contribution in [0.1, 0.15) is 24.8 Å². The minimum Gasteiger partial charge on any atom is -0.388 e. The van der Waals surface area contributed by atoms with Crippen LogP contribution in [0.15, 0.2) is 41.6 Å².